The van der Waals surface area contributed by atoms with E-state index >= 15 is 0 Å². The zero-order valence-electron chi connectivity index (χ0n) is 9.94. The molecule has 5 nitrogen and oxygen atoms in total. The second-order valence-corrected chi connectivity index (χ2v) is 3.81. The Bertz CT molecular complexity index is 283. The molecule has 0 aliphatic rings. The van der Waals surface area contributed by atoms with E-state index in [2.05, 4.69) is 4.99 Å². The van der Waals surface area contributed by atoms with E-state index in [0.29, 0.717) is 31.6 Å². The van der Waals surface area contributed by atoms with E-state index in [1.165, 1.54) is 0 Å². The number of carboxylic acid groups (broad SMARTS) is 1. The van der Waals surface area contributed by atoms with Crippen molar-refractivity contribution in [1.82, 2.24) is 0 Å². The highest BCUT2D eigenvalue weighted by Gasteiger charge is 2.30. The molecule has 92 valence electrons. The average molecular weight is 227 g/mol. The van der Waals surface area contributed by atoms with E-state index in [0.717, 1.165) is 0 Å². The van der Waals surface area contributed by atoms with Crippen LogP contribution in [0.5, 0.6) is 0 Å². The molecule has 0 unspecified atom stereocenters. The summed E-state index contributed by atoms with van der Waals surface area (Å²) in [5.41, 5.74) is 9.96. The van der Waals surface area contributed by atoms with E-state index in [4.69, 9.17) is 16.6 Å². The van der Waals surface area contributed by atoms with Crippen LogP contribution in [0.1, 0.15) is 33.1 Å². The highest BCUT2D eigenvalue weighted by molar-refractivity contribution is 5.78. The molecule has 0 bridgehead atoms. The van der Waals surface area contributed by atoms with E-state index in [9.17, 15) is 4.79 Å². The maximum Gasteiger partial charge on any atom is 0.323 e. The fourth-order valence-electron chi connectivity index (χ4n) is 1.16. The van der Waals surface area contributed by atoms with Crippen LogP contribution >= 0.6 is 0 Å². The smallest absolute Gasteiger partial charge is 0.323 e. The summed E-state index contributed by atoms with van der Waals surface area (Å²) < 4.78 is 0. The number of hydrogen-bond donors (Lipinski definition) is 3. The van der Waals surface area contributed by atoms with Gasteiger partial charge in [-0.3, -0.25) is 9.79 Å². The maximum atomic E-state index is 10.9. The molecule has 0 heterocycles. The molecule has 5 heteroatoms. The number of aliphatic carboxylic acids is 1. The SMILES string of the molecule is CC[C@@](N)(CC/C=C\CN=C(C)N)C(=O)O. The van der Waals surface area contributed by atoms with Crippen molar-refractivity contribution in [2.24, 2.45) is 16.5 Å². The van der Waals surface area contributed by atoms with E-state index in [1.807, 2.05) is 12.2 Å². The molecular weight excluding hydrogens is 206 g/mol. The molecule has 0 aromatic heterocycles. The van der Waals surface area contributed by atoms with Crippen LogP contribution in [-0.4, -0.2) is 29.0 Å². The Morgan fingerprint density at radius 2 is 2.12 bits per heavy atom. The molecule has 0 saturated carbocycles. The minimum Gasteiger partial charge on any atom is -0.480 e. The lowest BCUT2D eigenvalue weighted by atomic mass is 9.92. The van der Waals surface area contributed by atoms with Crippen molar-refractivity contribution in [1.29, 1.82) is 0 Å². The van der Waals surface area contributed by atoms with E-state index < -0.39 is 11.5 Å². The van der Waals surface area contributed by atoms with Gasteiger partial charge in [-0.2, -0.15) is 0 Å². The van der Waals surface area contributed by atoms with Crippen LogP contribution < -0.4 is 11.5 Å². The fraction of sp³-hybridized carbons (Fsp3) is 0.636. The van der Waals surface area contributed by atoms with Gasteiger partial charge in [0.15, 0.2) is 0 Å². The zero-order valence-corrected chi connectivity index (χ0v) is 9.94. The Morgan fingerprint density at radius 1 is 1.50 bits per heavy atom. The van der Waals surface area contributed by atoms with Crippen molar-refractivity contribution in [3.63, 3.8) is 0 Å². The van der Waals surface area contributed by atoms with Crippen molar-refractivity contribution in [2.45, 2.75) is 38.6 Å². The predicted molar refractivity (Wildman–Crippen MR) is 65.4 cm³/mol. The van der Waals surface area contributed by atoms with Gasteiger partial charge in [-0.25, -0.2) is 0 Å². The third-order valence-corrected chi connectivity index (χ3v) is 2.43. The molecule has 1 atom stereocenters. The molecule has 0 aliphatic carbocycles. The lowest BCUT2D eigenvalue weighted by Gasteiger charge is -2.21. The number of rotatable bonds is 7. The van der Waals surface area contributed by atoms with Crippen LogP contribution in [0.4, 0.5) is 0 Å². The highest BCUT2D eigenvalue weighted by atomic mass is 16.4. The monoisotopic (exact) mass is 227 g/mol. The Labute approximate surface area is 96.2 Å². The van der Waals surface area contributed by atoms with Crippen molar-refractivity contribution in [2.75, 3.05) is 6.54 Å². The van der Waals surface area contributed by atoms with Crippen LogP contribution in [0.15, 0.2) is 17.1 Å². The van der Waals surface area contributed by atoms with Gasteiger partial charge < -0.3 is 16.6 Å². The standard InChI is InChI=1S/C11H21N3O2/c1-3-11(13,10(15)16)7-5-4-6-8-14-9(2)12/h4,6H,3,5,7-8,13H2,1-2H3,(H2,12,14)(H,15,16)/b6-4-/t11-/m1/s1. The Morgan fingerprint density at radius 3 is 2.56 bits per heavy atom. The van der Waals surface area contributed by atoms with E-state index in [-0.39, 0.29) is 0 Å². The van der Waals surface area contributed by atoms with Crippen LogP contribution in [-0.2, 0) is 4.79 Å². The number of aliphatic imine (C=N–C) groups is 1. The normalized spacial score (nSPS) is 16.3. The summed E-state index contributed by atoms with van der Waals surface area (Å²) >= 11 is 0. The summed E-state index contributed by atoms with van der Waals surface area (Å²) in [6, 6.07) is 0. The summed E-state index contributed by atoms with van der Waals surface area (Å²) in [5, 5.41) is 8.92. The molecule has 0 saturated heterocycles. The third-order valence-electron chi connectivity index (χ3n) is 2.43. The van der Waals surface area contributed by atoms with Gasteiger partial charge in [0, 0.05) is 0 Å². The molecule has 0 radical (unpaired) electrons. The first-order valence-electron chi connectivity index (χ1n) is 5.36. The van der Waals surface area contributed by atoms with Crippen molar-refractivity contribution >= 4 is 11.8 Å². The van der Waals surface area contributed by atoms with Gasteiger partial charge in [0.2, 0.25) is 0 Å². The van der Waals surface area contributed by atoms with Crippen molar-refractivity contribution in [3.05, 3.63) is 12.2 Å². The quantitative estimate of drug-likeness (QED) is 0.341. The molecule has 0 rings (SSSR count). The Balaban J connectivity index is 3.97. The third kappa shape index (κ3) is 5.50. The number of amidine groups is 1. The Kier molecular flexibility index (Phi) is 6.41. The molecule has 0 amide bonds. The minimum absolute atomic E-state index is 0.427. The second kappa shape index (κ2) is 7.00. The number of hydrogen-bond acceptors (Lipinski definition) is 3. The summed E-state index contributed by atoms with van der Waals surface area (Å²) in [6.45, 7) is 4.03. The molecule has 0 spiro atoms. The second-order valence-electron chi connectivity index (χ2n) is 3.81. The topological polar surface area (TPSA) is 102 Å². The molecule has 16 heavy (non-hydrogen) atoms. The summed E-state index contributed by atoms with van der Waals surface area (Å²) in [5.74, 6) is -0.406. The summed E-state index contributed by atoms with van der Waals surface area (Å²) in [7, 11) is 0. The van der Waals surface area contributed by atoms with Gasteiger partial charge in [0.1, 0.15) is 5.54 Å². The average Bonchev–Trinajstić information content (AvgIpc) is 2.22. The number of carboxylic acids is 1. The molecule has 0 aromatic rings. The summed E-state index contributed by atoms with van der Waals surface area (Å²) in [4.78, 5) is 14.8. The van der Waals surface area contributed by atoms with Gasteiger partial charge >= 0.3 is 5.97 Å². The molecule has 5 N–H and O–H groups in total. The first-order chi connectivity index (χ1) is 7.42. The largest absolute Gasteiger partial charge is 0.480 e. The number of carbonyl (C=O) groups is 1. The number of allylic oxidation sites excluding steroid dienone is 1. The molecule has 0 aliphatic heterocycles. The molecule has 0 fully saturated rings. The lowest BCUT2D eigenvalue weighted by Crippen LogP contribution is -2.47. The van der Waals surface area contributed by atoms with Crippen LogP contribution in [0.2, 0.25) is 0 Å². The molecule has 0 aromatic carbocycles. The highest BCUT2D eigenvalue weighted by Crippen LogP contribution is 2.14. The van der Waals surface area contributed by atoms with Crippen LogP contribution in [0, 0.1) is 0 Å². The van der Waals surface area contributed by atoms with E-state index in [1.54, 1.807) is 13.8 Å². The van der Waals surface area contributed by atoms with Gasteiger partial charge in [0.05, 0.1) is 12.4 Å². The minimum atomic E-state index is -1.11. The summed E-state index contributed by atoms with van der Waals surface area (Å²) in [6.07, 6.45) is 5.23. The number of nitrogens with two attached hydrogens (primary N) is 2. The first-order valence-corrected chi connectivity index (χ1v) is 5.36. The molecular formula is C11H21N3O2. The van der Waals surface area contributed by atoms with Crippen LogP contribution in [0.3, 0.4) is 0 Å². The lowest BCUT2D eigenvalue weighted by molar-refractivity contribution is -0.143. The maximum absolute atomic E-state index is 10.9. The van der Waals surface area contributed by atoms with Gasteiger partial charge in [-0.1, -0.05) is 19.1 Å². The van der Waals surface area contributed by atoms with Gasteiger partial charge in [-0.05, 0) is 26.2 Å². The number of nitrogens with zero attached hydrogens (tertiary/aromatic N) is 1. The predicted octanol–water partition coefficient (Wildman–Crippen LogP) is 0.892. The van der Waals surface area contributed by atoms with Crippen molar-refractivity contribution in [3.8, 4) is 0 Å². The van der Waals surface area contributed by atoms with Gasteiger partial charge in [0.25, 0.3) is 0 Å². The fourth-order valence-corrected chi connectivity index (χ4v) is 1.16. The Hall–Kier alpha value is -1.36. The van der Waals surface area contributed by atoms with Crippen LogP contribution in [0.25, 0.3) is 0 Å². The zero-order chi connectivity index (χ0) is 12.6. The van der Waals surface area contributed by atoms with Gasteiger partial charge in [-0.15, -0.1) is 0 Å². The first kappa shape index (κ1) is 14.6. The van der Waals surface area contributed by atoms with Crippen molar-refractivity contribution < 1.29 is 9.90 Å².